The lowest BCUT2D eigenvalue weighted by Gasteiger charge is -2.42. The van der Waals surface area contributed by atoms with Crippen LogP contribution in [0.5, 0.6) is 0 Å². The number of alkyl halides is 13. The summed E-state index contributed by atoms with van der Waals surface area (Å²) in [6.07, 6.45) is -8.12. The van der Waals surface area contributed by atoms with E-state index in [2.05, 4.69) is 13.3 Å². The summed E-state index contributed by atoms with van der Waals surface area (Å²) in [5, 5.41) is 0. The van der Waals surface area contributed by atoms with Crippen molar-refractivity contribution in [3.8, 4) is 0 Å². The van der Waals surface area contributed by atoms with E-state index in [0.29, 0.717) is 0 Å². The van der Waals surface area contributed by atoms with Gasteiger partial charge in [0.1, 0.15) is 5.78 Å². The predicted octanol–water partition coefficient (Wildman–Crippen LogP) is 5.51. The van der Waals surface area contributed by atoms with Crippen LogP contribution in [0.3, 0.4) is 0 Å². The minimum atomic E-state index is -7.55. The molecule has 0 amide bonds. The smallest absolute Gasteiger partial charge is 0.373 e. The minimum Gasteiger partial charge on any atom is -0.373 e. The molecule has 0 N–H and O–H groups in total. The largest absolute Gasteiger partial charge is 0.581 e. The first-order valence-corrected chi connectivity index (χ1v) is 12.6. The molecule has 0 aromatic heterocycles. The third kappa shape index (κ3) is 9.39. The van der Waals surface area contributed by atoms with Gasteiger partial charge in [-0.3, -0.25) is 4.21 Å². The van der Waals surface area contributed by atoms with Gasteiger partial charge in [0.05, 0.1) is 0 Å². The molecule has 0 rings (SSSR count). The number of carbonyl (C=O) groups is 1. The second-order valence-corrected chi connectivity index (χ2v) is 11.4. The molecule has 0 fully saturated rings. The fourth-order valence-corrected chi connectivity index (χ4v) is 3.72. The van der Waals surface area contributed by atoms with E-state index in [0.717, 1.165) is 0 Å². The second kappa shape index (κ2) is 13.7. The summed E-state index contributed by atoms with van der Waals surface area (Å²) in [7, 11) is -6.19. The highest BCUT2D eigenvalue weighted by Gasteiger charge is 2.91. The normalized spacial score (nSPS) is 14.0. The third-order valence-electron chi connectivity index (χ3n) is 3.56. The molecule has 0 aromatic carbocycles. The fraction of sp³-hybridized carbons (Fsp3) is 0.938. The quantitative estimate of drug-likeness (QED) is 0.243. The van der Waals surface area contributed by atoms with Crippen LogP contribution in [0, 0.1) is 0 Å². The monoisotopic (exact) mass is 604 g/mol. The summed E-state index contributed by atoms with van der Waals surface area (Å²) in [4.78, 5) is 9.44. The number of carbonyl (C=O) groups excluding carboxylic acids is 1. The van der Waals surface area contributed by atoms with Gasteiger partial charge in [-0.1, -0.05) is 0 Å². The molecular weight excluding hydrogens is 579 g/mol. The van der Waals surface area contributed by atoms with E-state index in [1.165, 1.54) is 13.8 Å². The lowest BCUT2D eigenvalue weighted by molar-refractivity contribution is -0.397. The molecule has 0 spiro atoms. The molecule has 0 aromatic rings. The van der Waals surface area contributed by atoms with Crippen molar-refractivity contribution >= 4 is 25.4 Å². The van der Waals surface area contributed by atoms with Crippen LogP contribution in [0.25, 0.3) is 0 Å². The molecule has 0 bridgehead atoms. The van der Waals surface area contributed by atoms with Gasteiger partial charge < -0.3 is 18.1 Å². The zero-order valence-electron chi connectivity index (χ0n) is 19.8. The van der Waals surface area contributed by atoms with E-state index in [9.17, 15) is 66.1 Å². The van der Waals surface area contributed by atoms with Crippen molar-refractivity contribution in [1.82, 2.24) is 0 Å². The van der Waals surface area contributed by atoms with Crippen LogP contribution in [-0.2, 0) is 28.9 Å². The van der Waals surface area contributed by atoms with Gasteiger partial charge in [-0.25, -0.2) is 0 Å². The topological polar surface area (TPSA) is 61.8 Å². The summed E-state index contributed by atoms with van der Waals surface area (Å²) < 4.78 is 193. The van der Waals surface area contributed by atoms with Gasteiger partial charge in [-0.15, -0.1) is 0 Å². The first kappa shape index (κ1) is 39.5. The van der Waals surface area contributed by atoms with Crippen LogP contribution in [0.4, 0.5) is 57.1 Å². The van der Waals surface area contributed by atoms with Crippen LogP contribution in [0.2, 0.25) is 0 Å². The van der Waals surface area contributed by atoms with E-state index >= 15 is 0 Å². The number of ketones is 1. The Bertz CT molecular complexity index is 685. The first-order chi connectivity index (χ1) is 15.6. The maximum absolute atomic E-state index is 14.0. The van der Waals surface area contributed by atoms with Crippen LogP contribution in [0.15, 0.2) is 0 Å². The van der Waals surface area contributed by atoms with E-state index in [4.69, 9.17) is 0 Å². The Morgan fingerprint density at radius 2 is 0.944 bits per heavy atom. The molecule has 0 atom stereocenters. The van der Waals surface area contributed by atoms with Gasteiger partial charge in [0.2, 0.25) is 0 Å². The maximum Gasteiger partial charge on any atom is 0.581 e. The average molecular weight is 604 g/mol. The van der Waals surface area contributed by atoms with Gasteiger partial charge in [0.25, 0.3) is 0 Å². The molecule has 0 radical (unpaired) electrons. The van der Waals surface area contributed by atoms with Gasteiger partial charge in [-0.2, -0.15) is 57.1 Å². The van der Waals surface area contributed by atoms with Crippen molar-refractivity contribution in [3.05, 3.63) is 0 Å². The average Bonchev–Trinajstić information content (AvgIpc) is 2.66. The maximum atomic E-state index is 14.0. The Balaban J connectivity index is -0.00000118. The van der Waals surface area contributed by atoms with Crippen molar-refractivity contribution in [2.45, 2.75) is 62.1 Å². The van der Waals surface area contributed by atoms with Gasteiger partial charge in [0.15, 0.2) is 0 Å². The molecule has 0 aliphatic rings. The van der Waals surface area contributed by atoms with Crippen molar-refractivity contribution in [1.29, 1.82) is 0 Å². The standard InChI is InChI=1S/C11H13F13O3Si.C3H6O.C2H6OS/c1-25-28(26-2,27-3)11(23,24)10(21,22)9(19,20)8(17,18)6(12,13)4-5-7(14,15)16;1-3(2)4;1-4(2)3/h4-5H2,1-3H3;2*1-2H3. The molecule has 5 nitrogen and oxygen atoms in total. The molecule has 20 heteroatoms. The summed E-state index contributed by atoms with van der Waals surface area (Å²) in [5.74, 6) is -28.4. The number of hydrogen-bond acceptors (Lipinski definition) is 5. The number of halogens is 13. The fourth-order valence-electron chi connectivity index (χ4n) is 1.91. The van der Waals surface area contributed by atoms with Crippen molar-refractivity contribution in [2.24, 2.45) is 0 Å². The van der Waals surface area contributed by atoms with Crippen LogP contribution in [-0.4, -0.2) is 88.0 Å². The predicted molar refractivity (Wildman–Crippen MR) is 103 cm³/mol. The van der Waals surface area contributed by atoms with Gasteiger partial charge in [-0.05, 0) is 13.8 Å². The molecule has 36 heavy (non-hydrogen) atoms. The minimum absolute atomic E-state index is 0.167. The van der Waals surface area contributed by atoms with Crippen LogP contribution < -0.4 is 0 Å². The molecule has 220 valence electrons. The Labute approximate surface area is 201 Å². The molecule has 0 aliphatic heterocycles. The van der Waals surface area contributed by atoms with E-state index in [1.807, 2.05) is 0 Å². The summed E-state index contributed by atoms with van der Waals surface area (Å²) in [6, 6.07) is 0. The van der Waals surface area contributed by atoms with Gasteiger partial charge in [0, 0.05) is 57.5 Å². The van der Waals surface area contributed by atoms with Gasteiger partial charge >= 0.3 is 44.2 Å². The number of Topliss-reactive ketones (excluding diaryl/α,β-unsaturated/α-hetero) is 1. The Hall–Kier alpha value is -0.993. The van der Waals surface area contributed by atoms with Crippen LogP contribution >= 0.6 is 0 Å². The highest BCUT2D eigenvalue weighted by molar-refractivity contribution is 7.83. The first-order valence-electron chi connectivity index (χ1n) is 8.94. The van der Waals surface area contributed by atoms with Crippen molar-refractivity contribution in [2.75, 3.05) is 33.8 Å². The molecule has 0 saturated heterocycles. The lowest BCUT2D eigenvalue weighted by atomic mass is 9.95. The van der Waals surface area contributed by atoms with E-state index < -0.39 is 67.9 Å². The summed E-state index contributed by atoms with van der Waals surface area (Å²) in [5.41, 5.74) is -6.40. The van der Waals surface area contributed by atoms with E-state index in [1.54, 1.807) is 12.5 Å². The second-order valence-electron chi connectivity index (χ2n) is 6.94. The molecule has 0 heterocycles. The Morgan fingerprint density at radius 3 is 1.17 bits per heavy atom. The Morgan fingerprint density at radius 1 is 0.667 bits per heavy atom. The zero-order chi connectivity index (χ0) is 30.2. The summed E-state index contributed by atoms with van der Waals surface area (Å²) in [6.45, 7) is 3.06. The highest BCUT2D eigenvalue weighted by atomic mass is 32.2. The molecule has 0 saturated carbocycles. The van der Waals surface area contributed by atoms with Crippen LogP contribution in [0.1, 0.15) is 26.7 Å². The summed E-state index contributed by atoms with van der Waals surface area (Å²) >= 11 is 0. The molecule has 0 aliphatic carbocycles. The van der Waals surface area contributed by atoms with Crippen molar-refractivity contribution < 1.29 is 79.4 Å². The molecular formula is C16H25F13O5SSi. The number of hydrogen-bond donors (Lipinski definition) is 0. The lowest BCUT2D eigenvalue weighted by Crippen LogP contribution is -2.75. The van der Waals surface area contributed by atoms with Crippen molar-refractivity contribution in [3.63, 3.8) is 0 Å². The Kier molecular flexibility index (Phi) is 15.0. The highest BCUT2D eigenvalue weighted by Crippen LogP contribution is 2.59. The number of rotatable bonds is 10. The SMILES string of the molecule is CC(C)=O.CO[Si](OC)(OC)C(F)(F)C(F)(F)C(F)(F)C(F)(F)C(F)(F)CCC(F)(F)F.CS(C)=O. The third-order valence-corrected chi connectivity index (χ3v) is 6.25. The zero-order valence-corrected chi connectivity index (χ0v) is 21.6. The van der Waals surface area contributed by atoms with E-state index in [-0.39, 0.29) is 27.1 Å². The molecule has 0 unspecified atom stereocenters.